The minimum atomic E-state index is -0.899. The van der Waals surface area contributed by atoms with E-state index in [0.717, 1.165) is 29.9 Å². The maximum atomic E-state index is 11.1. The van der Waals surface area contributed by atoms with Gasteiger partial charge in [-0.15, -0.1) is 0 Å². The Morgan fingerprint density at radius 3 is 2.89 bits per heavy atom. The Hall–Kier alpha value is -1.84. The molecule has 1 fully saturated rings. The molecule has 1 N–H and O–H groups in total. The molecule has 18 heavy (non-hydrogen) atoms. The Kier molecular flexibility index (Phi) is 2.78. The lowest BCUT2D eigenvalue weighted by Crippen LogP contribution is -2.08. The Labute approximate surface area is 105 Å². The fraction of sp³-hybridized carbons (Fsp3) is 0.429. The molecule has 1 saturated carbocycles. The molecule has 0 saturated heterocycles. The first kappa shape index (κ1) is 11.3. The number of carboxylic acid groups (broad SMARTS) is 1. The molecule has 4 nitrogen and oxygen atoms in total. The first-order valence-electron chi connectivity index (χ1n) is 6.32. The monoisotopic (exact) mass is 245 g/mol. The van der Waals surface area contributed by atoms with E-state index in [0.29, 0.717) is 18.1 Å². The Morgan fingerprint density at radius 1 is 1.39 bits per heavy atom. The van der Waals surface area contributed by atoms with Gasteiger partial charge in [0.15, 0.2) is 0 Å². The molecule has 4 heteroatoms. The van der Waals surface area contributed by atoms with Crippen LogP contribution in [0.3, 0.4) is 0 Å². The van der Waals surface area contributed by atoms with Gasteiger partial charge in [0.1, 0.15) is 5.76 Å². The SMILES string of the molecule is O=C(O)c1ccnc2c1CC(OC1CCCC1)=C2. The van der Waals surface area contributed by atoms with Crippen molar-refractivity contribution in [2.24, 2.45) is 0 Å². The number of carbonyl (C=O) groups is 1. The molecule has 0 unspecified atom stereocenters. The number of aromatic nitrogens is 1. The molecule has 0 aromatic carbocycles. The maximum Gasteiger partial charge on any atom is 0.336 e. The summed E-state index contributed by atoms with van der Waals surface area (Å²) in [4.78, 5) is 15.3. The van der Waals surface area contributed by atoms with Crippen LogP contribution in [-0.2, 0) is 11.2 Å². The number of carboxylic acids is 1. The third-order valence-electron chi connectivity index (χ3n) is 3.59. The molecule has 0 radical (unpaired) electrons. The summed E-state index contributed by atoms with van der Waals surface area (Å²) in [6, 6.07) is 1.55. The second kappa shape index (κ2) is 4.44. The number of fused-ring (bicyclic) bond motifs is 1. The molecule has 94 valence electrons. The van der Waals surface area contributed by atoms with Crippen LogP contribution in [0, 0.1) is 0 Å². The van der Waals surface area contributed by atoms with Crippen molar-refractivity contribution >= 4 is 12.0 Å². The molecular formula is C14H15NO3. The van der Waals surface area contributed by atoms with E-state index < -0.39 is 5.97 Å². The molecule has 0 aliphatic heterocycles. The van der Waals surface area contributed by atoms with E-state index in [1.807, 2.05) is 6.08 Å². The Bertz CT molecular complexity index is 516. The van der Waals surface area contributed by atoms with Gasteiger partial charge < -0.3 is 9.84 Å². The fourth-order valence-corrected chi connectivity index (χ4v) is 2.69. The maximum absolute atomic E-state index is 11.1. The second-order valence-corrected chi connectivity index (χ2v) is 4.84. The van der Waals surface area contributed by atoms with Gasteiger partial charge in [0.25, 0.3) is 0 Å². The average Bonchev–Trinajstić information content (AvgIpc) is 2.96. The van der Waals surface area contributed by atoms with Crippen LogP contribution in [0.5, 0.6) is 0 Å². The van der Waals surface area contributed by atoms with Gasteiger partial charge in [-0.1, -0.05) is 0 Å². The fourth-order valence-electron chi connectivity index (χ4n) is 2.69. The third kappa shape index (κ3) is 1.98. The van der Waals surface area contributed by atoms with Gasteiger partial charge in [0.05, 0.1) is 17.4 Å². The molecule has 0 spiro atoms. The topological polar surface area (TPSA) is 59.4 Å². The zero-order valence-corrected chi connectivity index (χ0v) is 10.1. The standard InChI is InChI=1S/C14H15NO3/c16-14(17)11-5-6-15-13-8-10(7-12(11)13)18-9-3-1-2-4-9/h5-6,8-9H,1-4,7H2,(H,16,17). The summed E-state index contributed by atoms with van der Waals surface area (Å²) in [6.07, 6.45) is 8.93. The summed E-state index contributed by atoms with van der Waals surface area (Å²) in [5.41, 5.74) is 1.85. The van der Waals surface area contributed by atoms with Crippen LogP contribution >= 0.6 is 0 Å². The van der Waals surface area contributed by atoms with Crippen molar-refractivity contribution in [3.63, 3.8) is 0 Å². The van der Waals surface area contributed by atoms with Crippen LogP contribution in [0.4, 0.5) is 0 Å². The lowest BCUT2D eigenvalue weighted by atomic mass is 10.1. The number of rotatable bonds is 3. The van der Waals surface area contributed by atoms with Gasteiger partial charge in [0.2, 0.25) is 0 Å². The van der Waals surface area contributed by atoms with Crippen molar-refractivity contribution in [2.75, 3.05) is 0 Å². The summed E-state index contributed by atoms with van der Waals surface area (Å²) < 4.78 is 5.92. The molecule has 2 aliphatic carbocycles. The summed E-state index contributed by atoms with van der Waals surface area (Å²) in [5.74, 6) is -0.0396. The van der Waals surface area contributed by atoms with Crippen molar-refractivity contribution in [1.82, 2.24) is 4.98 Å². The van der Waals surface area contributed by atoms with Crippen molar-refractivity contribution in [3.05, 3.63) is 34.8 Å². The molecule has 0 atom stereocenters. The van der Waals surface area contributed by atoms with Gasteiger partial charge >= 0.3 is 5.97 Å². The average molecular weight is 245 g/mol. The van der Waals surface area contributed by atoms with Crippen LogP contribution in [0.15, 0.2) is 18.0 Å². The van der Waals surface area contributed by atoms with Gasteiger partial charge in [-0.25, -0.2) is 4.79 Å². The van der Waals surface area contributed by atoms with E-state index in [2.05, 4.69) is 4.98 Å². The summed E-state index contributed by atoms with van der Waals surface area (Å²) in [5, 5.41) is 9.13. The van der Waals surface area contributed by atoms with E-state index in [1.165, 1.54) is 19.0 Å². The molecule has 1 aromatic heterocycles. The van der Waals surface area contributed by atoms with E-state index in [9.17, 15) is 4.79 Å². The molecule has 3 rings (SSSR count). The quantitative estimate of drug-likeness (QED) is 0.889. The summed E-state index contributed by atoms with van der Waals surface area (Å²) in [7, 11) is 0. The predicted molar refractivity (Wildman–Crippen MR) is 66.2 cm³/mol. The highest BCUT2D eigenvalue weighted by Gasteiger charge is 2.24. The molecule has 1 aromatic rings. The normalized spacial score (nSPS) is 18.6. The highest BCUT2D eigenvalue weighted by molar-refractivity contribution is 5.91. The van der Waals surface area contributed by atoms with Crippen LogP contribution < -0.4 is 0 Å². The van der Waals surface area contributed by atoms with E-state index in [1.54, 1.807) is 6.07 Å². The van der Waals surface area contributed by atoms with Gasteiger partial charge in [-0.05, 0) is 37.3 Å². The minimum absolute atomic E-state index is 0.304. The molecule has 0 amide bonds. The number of allylic oxidation sites excluding steroid dienone is 1. The van der Waals surface area contributed by atoms with Crippen LogP contribution in [0.25, 0.3) is 6.08 Å². The van der Waals surface area contributed by atoms with Crippen molar-refractivity contribution < 1.29 is 14.6 Å². The number of nitrogens with zero attached hydrogens (tertiary/aromatic N) is 1. The number of hydrogen-bond donors (Lipinski definition) is 1. The van der Waals surface area contributed by atoms with Crippen LogP contribution in [-0.4, -0.2) is 22.2 Å². The minimum Gasteiger partial charge on any atom is -0.494 e. The summed E-state index contributed by atoms with van der Waals surface area (Å²) >= 11 is 0. The smallest absolute Gasteiger partial charge is 0.336 e. The third-order valence-corrected chi connectivity index (χ3v) is 3.59. The number of aromatic carboxylic acids is 1. The van der Waals surface area contributed by atoms with Crippen molar-refractivity contribution in [3.8, 4) is 0 Å². The lowest BCUT2D eigenvalue weighted by Gasteiger charge is -2.13. The van der Waals surface area contributed by atoms with Gasteiger partial charge in [0, 0.05) is 18.7 Å². The molecule has 0 bridgehead atoms. The number of pyridine rings is 1. The van der Waals surface area contributed by atoms with Crippen molar-refractivity contribution in [1.29, 1.82) is 0 Å². The highest BCUT2D eigenvalue weighted by atomic mass is 16.5. The predicted octanol–water partition coefficient (Wildman–Crippen LogP) is 2.64. The Balaban J connectivity index is 1.79. The van der Waals surface area contributed by atoms with Crippen molar-refractivity contribution in [2.45, 2.75) is 38.2 Å². The molecule has 2 aliphatic rings. The van der Waals surface area contributed by atoms with E-state index in [4.69, 9.17) is 9.84 Å². The molecular weight excluding hydrogens is 230 g/mol. The van der Waals surface area contributed by atoms with Gasteiger partial charge in [-0.2, -0.15) is 0 Å². The van der Waals surface area contributed by atoms with Gasteiger partial charge in [-0.3, -0.25) is 4.98 Å². The van der Waals surface area contributed by atoms with Crippen LogP contribution in [0.2, 0.25) is 0 Å². The second-order valence-electron chi connectivity index (χ2n) is 4.84. The number of ether oxygens (including phenoxy) is 1. The van der Waals surface area contributed by atoms with Crippen LogP contribution in [0.1, 0.15) is 47.3 Å². The summed E-state index contributed by atoms with van der Waals surface area (Å²) in [6.45, 7) is 0. The zero-order chi connectivity index (χ0) is 12.5. The molecule has 1 heterocycles. The largest absolute Gasteiger partial charge is 0.494 e. The first-order valence-corrected chi connectivity index (χ1v) is 6.32. The zero-order valence-electron chi connectivity index (χ0n) is 10.1. The number of hydrogen-bond acceptors (Lipinski definition) is 3. The lowest BCUT2D eigenvalue weighted by molar-refractivity contribution is 0.0695. The Morgan fingerprint density at radius 2 is 2.17 bits per heavy atom. The first-order chi connectivity index (χ1) is 8.74. The van der Waals surface area contributed by atoms with E-state index >= 15 is 0 Å². The highest BCUT2D eigenvalue weighted by Crippen LogP contribution is 2.31. The van der Waals surface area contributed by atoms with E-state index in [-0.39, 0.29) is 0 Å².